The number of anilines is 1. The molecule has 1 aromatic heterocycles. The molecule has 132 valence electrons. The molecule has 0 amide bonds. The zero-order valence-electron chi connectivity index (χ0n) is 16.0. The van der Waals surface area contributed by atoms with Crippen LogP contribution in [0, 0.1) is 13.8 Å². The van der Waals surface area contributed by atoms with Crippen LogP contribution in [0.5, 0.6) is 0 Å². The number of benzene rings is 1. The second-order valence-corrected chi connectivity index (χ2v) is 6.36. The Kier molecular flexibility index (Phi) is 9.74. The van der Waals surface area contributed by atoms with E-state index in [-0.39, 0.29) is 0 Å². The summed E-state index contributed by atoms with van der Waals surface area (Å²) in [7, 11) is 2.04. The summed E-state index contributed by atoms with van der Waals surface area (Å²) in [5.74, 6) is 1.76. The van der Waals surface area contributed by atoms with Crippen LogP contribution in [-0.2, 0) is 6.54 Å². The molecule has 0 N–H and O–H groups in total. The van der Waals surface area contributed by atoms with E-state index in [2.05, 4.69) is 59.9 Å². The lowest BCUT2D eigenvalue weighted by atomic mass is 10.1. The first-order chi connectivity index (χ1) is 11.6. The summed E-state index contributed by atoms with van der Waals surface area (Å²) in [6.07, 6.45) is 8.80. The van der Waals surface area contributed by atoms with E-state index >= 15 is 0 Å². The molecule has 1 aromatic carbocycles. The first kappa shape index (κ1) is 20.1. The van der Waals surface area contributed by atoms with Crippen LogP contribution in [0.2, 0.25) is 0 Å². The number of unbranched alkanes of at least 4 members (excludes halogenated alkanes) is 4. The Labute approximate surface area is 148 Å². The molecule has 0 aliphatic carbocycles. The van der Waals surface area contributed by atoms with E-state index in [1.54, 1.807) is 6.20 Å². The van der Waals surface area contributed by atoms with E-state index < -0.39 is 0 Å². The van der Waals surface area contributed by atoms with Crippen molar-refractivity contribution in [1.29, 1.82) is 0 Å². The zero-order chi connectivity index (χ0) is 17.8. The van der Waals surface area contributed by atoms with Crippen LogP contribution in [0.3, 0.4) is 0 Å². The van der Waals surface area contributed by atoms with Crippen LogP contribution in [0.25, 0.3) is 0 Å². The predicted molar refractivity (Wildman–Crippen MR) is 104 cm³/mol. The Morgan fingerprint density at radius 3 is 2.04 bits per heavy atom. The summed E-state index contributed by atoms with van der Waals surface area (Å²) in [6.45, 7) is 9.35. The molecule has 3 heteroatoms. The van der Waals surface area contributed by atoms with Gasteiger partial charge in [-0.15, -0.1) is 0 Å². The minimum absolute atomic E-state index is 0.804. The molecule has 3 nitrogen and oxygen atoms in total. The van der Waals surface area contributed by atoms with E-state index in [4.69, 9.17) is 0 Å². The largest absolute Gasteiger partial charge is 0.355 e. The number of hydrogen-bond acceptors (Lipinski definition) is 3. The third kappa shape index (κ3) is 8.09. The molecule has 0 saturated heterocycles. The van der Waals surface area contributed by atoms with Gasteiger partial charge in [-0.05, 0) is 25.5 Å². The molecule has 0 unspecified atom stereocenters. The van der Waals surface area contributed by atoms with E-state index in [1.165, 1.54) is 43.2 Å². The molecule has 0 aliphatic rings. The smallest absolute Gasteiger partial charge is 0.132 e. The summed E-state index contributed by atoms with van der Waals surface area (Å²) in [5.41, 5.74) is 2.57. The molecule has 0 atom stereocenters. The third-order valence-corrected chi connectivity index (χ3v) is 3.90. The standard InChI is InChI=1S/C14H17N3.C7H16/c1-11-4-6-13(7-5-11)10-17(3)14-8-9-15-12(2)16-14;1-3-5-7-6-4-2/h4-9H,10H2,1-3H3;3-7H2,1-2H3. The summed E-state index contributed by atoms with van der Waals surface area (Å²) in [4.78, 5) is 10.6. The van der Waals surface area contributed by atoms with Crippen molar-refractivity contribution in [2.75, 3.05) is 11.9 Å². The first-order valence-corrected chi connectivity index (χ1v) is 9.13. The van der Waals surface area contributed by atoms with Crippen LogP contribution in [0.15, 0.2) is 36.5 Å². The summed E-state index contributed by atoms with van der Waals surface area (Å²) in [5, 5.41) is 0. The van der Waals surface area contributed by atoms with Crippen molar-refractivity contribution in [1.82, 2.24) is 9.97 Å². The quantitative estimate of drug-likeness (QED) is 0.610. The maximum Gasteiger partial charge on any atom is 0.132 e. The zero-order valence-corrected chi connectivity index (χ0v) is 16.0. The van der Waals surface area contributed by atoms with Crippen molar-refractivity contribution in [3.05, 3.63) is 53.5 Å². The number of aryl methyl sites for hydroxylation is 2. The highest BCUT2D eigenvalue weighted by Gasteiger charge is 2.03. The molecule has 1 heterocycles. The fraction of sp³-hybridized carbons (Fsp3) is 0.524. The first-order valence-electron chi connectivity index (χ1n) is 9.13. The van der Waals surface area contributed by atoms with Crippen LogP contribution in [0.1, 0.15) is 62.9 Å². The van der Waals surface area contributed by atoms with Crippen molar-refractivity contribution in [2.24, 2.45) is 0 Å². The van der Waals surface area contributed by atoms with Gasteiger partial charge in [-0.3, -0.25) is 0 Å². The van der Waals surface area contributed by atoms with Crippen molar-refractivity contribution >= 4 is 5.82 Å². The predicted octanol–water partition coefficient (Wildman–Crippen LogP) is 5.71. The van der Waals surface area contributed by atoms with Crippen LogP contribution in [0.4, 0.5) is 5.82 Å². The fourth-order valence-corrected chi connectivity index (χ4v) is 2.38. The van der Waals surface area contributed by atoms with Crippen molar-refractivity contribution < 1.29 is 0 Å². The van der Waals surface area contributed by atoms with E-state index in [0.717, 1.165) is 18.2 Å². The number of hydrogen-bond donors (Lipinski definition) is 0. The molecule has 0 fully saturated rings. The molecule has 0 saturated carbocycles. The highest BCUT2D eigenvalue weighted by Crippen LogP contribution is 2.12. The van der Waals surface area contributed by atoms with Gasteiger partial charge in [-0.2, -0.15) is 0 Å². The number of rotatable bonds is 7. The van der Waals surface area contributed by atoms with Gasteiger partial charge in [-0.25, -0.2) is 9.97 Å². The van der Waals surface area contributed by atoms with E-state index in [0.29, 0.717) is 0 Å². The minimum Gasteiger partial charge on any atom is -0.355 e. The lowest BCUT2D eigenvalue weighted by Crippen LogP contribution is -2.18. The lowest BCUT2D eigenvalue weighted by molar-refractivity contribution is 0.656. The van der Waals surface area contributed by atoms with E-state index in [1.807, 2.05) is 20.0 Å². The molecular weight excluding hydrogens is 294 g/mol. The topological polar surface area (TPSA) is 29.0 Å². The second-order valence-electron chi connectivity index (χ2n) is 6.36. The van der Waals surface area contributed by atoms with Crippen LogP contribution < -0.4 is 4.90 Å². The maximum atomic E-state index is 4.40. The van der Waals surface area contributed by atoms with Gasteiger partial charge < -0.3 is 4.90 Å². The molecule has 0 spiro atoms. The van der Waals surface area contributed by atoms with Gasteiger partial charge in [0.2, 0.25) is 0 Å². The van der Waals surface area contributed by atoms with Gasteiger partial charge >= 0.3 is 0 Å². The van der Waals surface area contributed by atoms with Gasteiger partial charge in [0, 0.05) is 19.8 Å². The molecule has 0 aliphatic heterocycles. The highest BCUT2D eigenvalue weighted by atomic mass is 15.2. The normalized spacial score (nSPS) is 10.0. The van der Waals surface area contributed by atoms with Crippen molar-refractivity contribution in [3.8, 4) is 0 Å². The van der Waals surface area contributed by atoms with Gasteiger partial charge in [0.05, 0.1) is 0 Å². The third-order valence-electron chi connectivity index (χ3n) is 3.90. The minimum atomic E-state index is 0.804. The highest BCUT2D eigenvalue weighted by molar-refractivity contribution is 5.37. The Bertz CT molecular complexity index is 560. The molecule has 2 aromatic rings. The lowest BCUT2D eigenvalue weighted by Gasteiger charge is -2.18. The van der Waals surface area contributed by atoms with Gasteiger partial charge in [0.25, 0.3) is 0 Å². The van der Waals surface area contributed by atoms with Crippen LogP contribution in [-0.4, -0.2) is 17.0 Å². The Morgan fingerprint density at radius 2 is 1.50 bits per heavy atom. The molecule has 0 bridgehead atoms. The van der Waals surface area contributed by atoms with E-state index in [9.17, 15) is 0 Å². The van der Waals surface area contributed by atoms with Crippen LogP contribution >= 0.6 is 0 Å². The molecular formula is C21H33N3. The molecule has 2 rings (SSSR count). The Morgan fingerprint density at radius 1 is 0.875 bits per heavy atom. The van der Waals surface area contributed by atoms with Gasteiger partial charge in [-0.1, -0.05) is 75.8 Å². The molecule has 24 heavy (non-hydrogen) atoms. The van der Waals surface area contributed by atoms with Gasteiger partial charge in [0.15, 0.2) is 0 Å². The Hall–Kier alpha value is -1.90. The van der Waals surface area contributed by atoms with Gasteiger partial charge in [0.1, 0.15) is 11.6 Å². The summed E-state index contributed by atoms with van der Waals surface area (Å²) in [6, 6.07) is 10.5. The SMILES string of the molecule is CCCCCCC.Cc1ccc(CN(C)c2ccnc(C)n2)cc1. The monoisotopic (exact) mass is 327 g/mol. The number of aromatic nitrogens is 2. The molecule has 0 radical (unpaired) electrons. The second kappa shape index (κ2) is 11.6. The summed E-state index contributed by atoms with van der Waals surface area (Å²) < 4.78 is 0. The fourth-order valence-electron chi connectivity index (χ4n) is 2.38. The summed E-state index contributed by atoms with van der Waals surface area (Å²) >= 11 is 0. The van der Waals surface area contributed by atoms with Crippen molar-refractivity contribution in [2.45, 2.75) is 66.3 Å². The number of nitrogens with zero attached hydrogens (tertiary/aromatic N) is 3. The Balaban J connectivity index is 0.000000351. The maximum absolute atomic E-state index is 4.40. The van der Waals surface area contributed by atoms with Crippen molar-refractivity contribution in [3.63, 3.8) is 0 Å². The average Bonchev–Trinajstić information content (AvgIpc) is 2.58. The average molecular weight is 328 g/mol.